The molecule has 0 aromatic heterocycles. The summed E-state index contributed by atoms with van der Waals surface area (Å²) in [5, 5.41) is 5.29. The SMILES string of the molecule is Cc1ccccc1CN(C(=O)CCc1cccc2ccccc12)C(C)C(=O)NC(C)C. The zero-order chi connectivity index (χ0) is 22.4. The highest BCUT2D eigenvalue weighted by atomic mass is 16.2. The van der Waals surface area contributed by atoms with E-state index in [9.17, 15) is 9.59 Å². The van der Waals surface area contributed by atoms with Gasteiger partial charge in [-0.05, 0) is 61.6 Å². The molecule has 1 atom stereocenters. The van der Waals surface area contributed by atoms with Crippen LogP contribution in [0.2, 0.25) is 0 Å². The van der Waals surface area contributed by atoms with E-state index >= 15 is 0 Å². The van der Waals surface area contributed by atoms with Crippen molar-refractivity contribution >= 4 is 22.6 Å². The van der Waals surface area contributed by atoms with Crippen molar-refractivity contribution in [2.24, 2.45) is 0 Å². The quantitative estimate of drug-likeness (QED) is 0.560. The van der Waals surface area contributed by atoms with Gasteiger partial charge < -0.3 is 10.2 Å². The van der Waals surface area contributed by atoms with Crippen LogP contribution in [0.3, 0.4) is 0 Å². The molecule has 2 amide bonds. The number of carbonyl (C=O) groups excluding carboxylic acids is 2. The summed E-state index contributed by atoms with van der Waals surface area (Å²) in [7, 11) is 0. The normalized spacial score (nSPS) is 12.0. The van der Waals surface area contributed by atoms with Crippen molar-refractivity contribution < 1.29 is 9.59 Å². The van der Waals surface area contributed by atoms with Gasteiger partial charge in [-0.3, -0.25) is 9.59 Å². The Labute approximate surface area is 185 Å². The Balaban J connectivity index is 1.81. The van der Waals surface area contributed by atoms with Crippen molar-refractivity contribution in [2.45, 2.75) is 59.2 Å². The van der Waals surface area contributed by atoms with Crippen LogP contribution >= 0.6 is 0 Å². The number of nitrogens with zero attached hydrogens (tertiary/aromatic N) is 1. The first-order valence-electron chi connectivity index (χ1n) is 11.0. The first-order valence-corrected chi connectivity index (χ1v) is 11.0. The maximum atomic E-state index is 13.3. The lowest BCUT2D eigenvalue weighted by Crippen LogP contribution is -2.49. The molecule has 0 spiro atoms. The number of hydrogen-bond acceptors (Lipinski definition) is 2. The van der Waals surface area contributed by atoms with Gasteiger partial charge in [0.25, 0.3) is 0 Å². The van der Waals surface area contributed by atoms with Gasteiger partial charge in [-0.2, -0.15) is 0 Å². The van der Waals surface area contributed by atoms with Crippen LogP contribution < -0.4 is 5.32 Å². The first kappa shape index (κ1) is 22.5. The Morgan fingerprint density at radius 2 is 1.52 bits per heavy atom. The van der Waals surface area contributed by atoms with Gasteiger partial charge in [-0.15, -0.1) is 0 Å². The van der Waals surface area contributed by atoms with E-state index in [0.717, 1.165) is 16.7 Å². The average Bonchev–Trinajstić information content (AvgIpc) is 2.76. The van der Waals surface area contributed by atoms with E-state index in [2.05, 4.69) is 29.6 Å². The van der Waals surface area contributed by atoms with Gasteiger partial charge in [-0.1, -0.05) is 66.7 Å². The van der Waals surface area contributed by atoms with Crippen LogP contribution in [0.15, 0.2) is 66.7 Å². The van der Waals surface area contributed by atoms with E-state index in [0.29, 0.717) is 19.4 Å². The van der Waals surface area contributed by atoms with E-state index in [1.165, 1.54) is 10.8 Å². The maximum Gasteiger partial charge on any atom is 0.242 e. The van der Waals surface area contributed by atoms with E-state index in [4.69, 9.17) is 0 Å². The van der Waals surface area contributed by atoms with Crippen molar-refractivity contribution in [1.29, 1.82) is 0 Å². The summed E-state index contributed by atoms with van der Waals surface area (Å²) in [6, 6.07) is 21.9. The summed E-state index contributed by atoms with van der Waals surface area (Å²) in [6.07, 6.45) is 1.00. The summed E-state index contributed by atoms with van der Waals surface area (Å²) in [6.45, 7) is 8.13. The molecule has 3 aromatic rings. The van der Waals surface area contributed by atoms with Crippen LogP contribution in [0.5, 0.6) is 0 Å². The van der Waals surface area contributed by atoms with Gasteiger partial charge in [0.1, 0.15) is 6.04 Å². The highest BCUT2D eigenvalue weighted by Gasteiger charge is 2.26. The molecule has 0 radical (unpaired) electrons. The lowest BCUT2D eigenvalue weighted by molar-refractivity contribution is -0.140. The molecular formula is C27H32N2O2. The monoisotopic (exact) mass is 416 g/mol. The minimum atomic E-state index is -0.540. The fourth-order valence-corrected chi connectivity index (χ4v) is 3.85. The fourth-order valence-electron chi connectivity index (χ4n) is 3.85. The van der Waals surface area contributed by atoms with Crippen LogP contribution in [0.1, 0.15) is 43.9 Å². The molecule has 0 bridgehead atoms. The van der Waals surface area contributed by atoms with Gasteiger partial charge in [0.05, 0.1) is 0 Å². The highest BCUT2D eigenvalue weighted by molar-refractivity contribution is 5.89. The largest absolute Gasteiger partial charge is 0.352 e. The minimum Gasteiger partial charge on any atom is -0.352 e. The molecule has 0 saturated heterocycles. The van der Waals surface area contributed by atoms with Crippen molar-refractivity contribution in [3.8, 4) is 0 Å². The zero-order valence-corrected chi connectivity index (χ0v) is 18.9. The lowest BCUT2D eigenvalue weighted by atomic mass is 10.00. The molecular weight excluding hydrogens is 384 g/mol. The number of nitrogens with one attached hydrogen (secondary N) is 1. The molecule has 3 aromatic carbocycles. The molecule has 0 aliphatic carbocycles. The number of aryl methyl sites for hydroxylation is 2. The Hall–Kier alpha value is -3.14. The standard InChI is InChI=1S/C27H32N2O2/c1-19(2)28-27(31)21(4)29(18-24-12-6-5-10-20(24)3)26(30)17-16-23-14-9-13-22-11-7-8-15-25(22)23/h5-15,19,21H,16-18H2,1-4H3,(H,28,31). The van der Waals surface area contributed by atoms with Crippen LogP contribution in [0.4, 0.5) is 0 Å². The predicted octanol–water partition coefficient (Wildman–Crippen LogP) is 5.02. The number of rotatable bonds is 8. The van der Waals surface area contributed by atoms with Crippen molar-refractivity contribution in [3.63, 3.8) is 0 Å². The summed E-state index contributed by atoms with van der Waals surface area (Å²) in [5.41, 5.74) is 3.33. The summed E-state index contributed by atoms with van der Waals surface area (Å²) >= 11 is 0. The van der Waals surface area contributed by atoms with Gasteiger partial charge in [0.15, 0.2) is 0 Å². The van der Waals surface area contributed by atoms with Gasteiger partial charge in [0.2, 0.25) is 11.8 Å². The molecule has 0 heterocycles. The van der Waals surface area contributed by atoms with E-state index in [-0.39, 0.29) is 17.9 Å². The predicted molar refractivity (Wildman–Crippen MR) is 127 cm³/mol. The number of benzene rings is 3. The molecule has 1 N–H and O–H groups in total. The second kappa shape index (κ2) is 10.3. The van der Waals surface area contributed by atoms with E-state index in [1.54, 1.807) is 4.90 Å². The summed E-state index contributed by atoms with van der Waals surface area (Å²) in [5.74, 6) is -0.135. The fraction of sp³-hybridized carbons (Fsp3) is 0.333. The molecule has 0 fully saturated rings. The Kier molecular flexibility index (Phi) is 7.45. The Bertz CT molecular complexity index is 1050. The van der Waals surface area contributed by atoms with Gasteiger partial charge in [0, 0.05) is 19.0 Å². The number of amides is 2. The Morgan fingerprint density at radius 3 is 2.26 bits per heavy atom. The van der Waals surface area contributed by atoms with Crippen molar-refractivity contribution in [3.05, 3.63) is 83.4 Å². The Morgan fingerprint density at radius 1 is 0.871 bits per heavy atom. The third-order valence-electron chi connectivity index (χ3n) is 5.69. The summed E-state index contributed by atoms with van der Waals surface area (Å²) < 4.78 is 0. The highest BCUT2D eigenvalue weighted by Crippen LogP contribution is 2.21. The third kappa shape index (κ3) is 5.72. The second-order valence-electron chi connectivity index (χ2n) is 8.43. The third-order valence-corrected chi connectivity index (χ3v) is 5.69. The van der Waals surface area contributed by atoms with Crippen LogP contribution in [-0.2, 0) is 22.6 Å². The molecule has 0 saturated carbocycles. The second-order valence-corrected chi connectivity index (χ2v) is 8.43. The zero-order valence-electron chi connectivity index (χ0n) is 18.9. The molecule has 4 heteroatoms. The van der Waals surface area contributed by atoms with Crippen LogP contribution in [0, 0.1) is 6.92 Å². The van der Waals surface area contributed by atoms with Gasteiger partial charge in [-0.25, -0.2) is 0 Å². The topological polar surface area (TPSA) is 49.4 Å². The van der Waals surface area contributed by atoms with Crippen LogP contribution in [-0.4, -0.2) is 28.8 Å². The smallest absolute Gasteiger partial charge is 0.242 e. The van der Waals surface area contributed by atoms with E-state index < -0.39 is 6.04 Å². The van der Waals surface area contributed by atoms with Gasteiger partial charge >= 0.3 is 0 Å². The van der Waals surface area contributed by atoms with E-state index in [1.807, 2.05) is 70.2 Å². The minimum absolute atomic E-state index is 0.0115. The molecule has 0 aliphatic rings. The molecule has 31 heavy (non-hydrogen) atoms. The number of hydrogen-bond donors (Lipinski definition) is 1. The van der Waals surface area contributed by atoms with Crippen molar-refractivity contribution in [2.75, 3.05) is 0 Å². The van der Waals surface area contributed by atoms with Crippen molar-refractivity contribution in [1.82, 2.24) is 10.2 Å². The molecule has 4 nitrogen and oxygen atoms in total. The molecule has 3 rings (SSSR count). The molecule has 1 unspecified atom stereocenters. The summed E-state index contributed by atoms with van der Waals surface area (Å²) in [4.78, 5) is 27.8. The molecule has 0 aliphatic heterocycles. The van der Waals surface area contributed by atoms with Crippen LogP contribution in [0.25, 0.3) is 10.8 Å². The lowest BCUT2D eigenvalue weighted by Gasteiger charge is -2.30. The number of carbonyl (C=O) groups is 2. The number of fused-ring (bicyclic) bond motifs is 1. The average molecular weight is 417 g/mol. The first-order chi connectivity index (χ1) is 14.9. The molecule has 162 valence electrons. The maximum absolute atomic E-state index is 13.3.